The van der Waals surface area contributed by atoms with Crippen LogP contribution in [0.15, 0.2) is 66.2 Å². The molecule has 4 amide bonds. The van der Waals surface area contributed by atoms with Crippen molar-refractivity contribution >= 4 is 52.2 Å². The standard InChI is InChI=1S/C30H28FIN2O6/c1-3-5-14-39-23-12-10-22(11-13-23)34-29(36)24(28(35)33-30(34)37)15-20-16-25(32)27(26(17-20)38-4-2)40-18-19-6-8-21(31)9-7-19/h6-13,15-17H,3-5,14,18H2,1-2H3,(H,33,35,37)/b24-15-. The Morgan fingerprint density at radius 1 is 0.950 bits per heavy atom. The molecular weight excluding hydrogens is 630 g/mol. The minimum Gasteiger partial charge on any atom is -0.494 e. The van der Waals surface area contributed by atoms with Crippen LogP contribution in [0, 0.1) is 9.39 Å². The monoisotopic (exact) mass is 658 g/mol. The number of benzene rings is 3. The Kier molecular flexibility index (Phi) is 9.75. The summed E-state index contributed by atoms with van der Waals surface area (Å²) in [6.07, 6.45) is 3.32. The fourth-order valence-electron chi connectivity index (χ4n) is 3.89. The summed E-state index contributed by atoms with van der Waals surface area (Å²) in [5.74, 6) is -0.368. The lowest BCUT2D eigenvalue weighted by molar-refractivity contribution is -0.122. The van der Waals surface area contributed by atoms with Crippen LogP contribution >= 0.6 is 22.6 Å². The van der Waals surface area contributed by atoms with Gasteiger partial charge in [0.1, 0.15) is 23.7 Å². The molecule has 0 spiro atoms. The van der Waals surface area contributed by atoms with E-state index in [1.807, 2.05) is 6.92 Å². The zero-order valence-corrected chi connectivity index (χ0v) is 24.2. The number of amides is 4. The first kappa shape index (κ1) is 29.1. The molecule has 3 aromatic carbocycles. The Bertz CT molecular complexity index is 1420. The number of carbonyl (C=O) groups is 3. The third kappa shape index (κ3) is 6.98. The van der Waals surface area contributed by atoms with E-state index >= 15 is 0 Å². The number of carbonyl (C=O) groups excluding carboxylic acids is 3. The van der Waals surface area contributed by atoms with Crippen molar-refractivity contribution in [3.63, 3.8) is 0 Å². The first-order chi connectivity index (χ1) is 19.3. The zero-order valence-electron chi connectivity index (χ0n) is 22.0. The molecule has 0 aromatic heterocycles. The highest BCUT2D eigenvalue weighted by Gasteiger charge is 2.37. The van der Waals surface area contributed by atoms with E-state index < -0.39 is 17.8 Å². The third-order valence-electron chi connectivity index (χ3n) is 5.90. The lowest BCUT2D eigenvalue weighted by Gasteiger charge is -2.26. The van der Waals surface area contributed by atoms with Crippen LogP contribution in [0.5, 0.6) is 17.2 Å². The Labute approximate surface area is 245 Å². The number of nitrogens with zero attached hydrogens (tertiary/aromatic N) is 1. The van der Waals surface area contributed by atoms with Crippen molar-refractivity contribution in [1.82, 2.24) is 5.32 Å². The van der Waals surface area contributed by atoms with Crippen LogP contribution in [0.2, 0.25) is 0 Å². The second-order valence-electron chi connectivity index (χ2n) is 8.83. The lowest BCUT2D eigenvalue weighted by Crippen LogP contribution is -2.54. The molecule has 1 aliphatic rings. The number of barbiturate groups is 1. The third-order valence-corrected chi connectivity index (χ3v) is 6.70. The first-order valence-electron chi connectivity index (χ1n) is 12.8. The van der Waals surface area contributed by atoms with Crippen molar-refractivity contribution in [1.29, 1.82) is 0 Å². The van der Waals surface area contributed by atoms with Crippen molar-refractivity contribution in [2.24, 2.45) is 0 Å². The average molecular weight is 658 g/mol. The predicted octanol–water partition coefficient (Wildman–Crippen LogP) is 6.25. The molecule has 40 heavy (non-hydrogen) atoms. The van der Waals surface area contributed by atoms with Crippen molar-refractivity contribution in [3.05, 3.63) is 86.8 Å². The minimum absolute atomic E-state index is 0.192. The van der Waals surface area contributed by atoms with Crippen LogP contribution in [-0.2, 0) is 16.2 Å². The summed E-state index contributed by atoms with van der Waals surface area (Å²) in [6.45, 7) is 5.00. The minimum atomic E-state index is -0.832. The summed E-state index contributed by atoms with van der Waals surface area (Å²) in [5, 5.41) is 2.24. The van der Waals surface area contributed by atoms with E-state index in [-0.39, 0.29) is 18.0 Å². The lowest BCUT2D eigenvalue weighted by atomic mass is 10.1. The smallest absolute Gasteiger partial charge is 0.335 e. The topological polar surface area (TPSA) is 94.2 Å². The van der Waals surface area contributed by atoms with Gasteiger partial charge in [-0.3, -0.25) is 14.9 Å². The molecule has 4 rings (SSSR count). The number of hydrogen-bond donors (Lipinski definition) is 1. The van der Waals surface area contributed by atoms with Gasteiger partial charge in [-0.15, -0.1) is 0 Å². The van der Waals surface area contributed by atoms with Gasteiger partial charge in [-0.2, -0.15) is 0 Å². The molecule has 0 bridgehead atoms. The van der Waals surface area contributed by atoms with Gasteiger partial charge in [0, 0.05) is 0 Å². The van der Waals surface area contributed by atoms with Gasteiger partial charge in [0.15, 0.2) is 11.5 Å². The van der Waals surface area contributed by atoms with Crippen LogP contribution in [0.1, 0.15) is 37.8 Å². The van der Waals surface area contributed by atoms with Gasteiger partial charge < -0.3 is 14.2 Å². The highest BCUT2D eigenvalue weighted by atomic mass is 127. The molecule has 10 heteroatoms. The maximum Gasteiger partial charge on any atom is 0.335 e. The summed E-state index contributed by atoms with van der Waals surface area (Å²) >= 11 is 2.08. The van der Waals surface area contributed by atoms with Gasteiger partial charge >= 0.3 is 6.03 Å². The predicted molar refractivity (Wildman–Crippen MR) is 157 cm³/mol. The Hall–Kier alpha value is -3.93. The van der Waals surface area contributed by atoms with Crippen LogP contribution in [0.25, 0.3) is 6.08 Å². The molecule has 1 fully saturated rings. The van der Waals surface area contributed by atoms with Crippen LogP contribution in [0.3, 0.4) is 0 Å². The van der Waals surface area contributed by atoms with Gasteiger partial charge in [0.2, 0.25) is 0 Å². The fraction of sp³-hybridized carbons (Fsp3) is 0.233. The van der Waals surface area contributed by atoms with E-state index in [0.29, 0.717) is 45.3 Å². The number of ether oxygens (including phenoxy) is 3. The molecular formula is C30H28FIN2O6. The van der Waals surface area contributed by atoms with Crippen LogP contribution < -0.4 is 24.4 Å². The molecule has 3 aromatic rings. The molecule has 208 valence electrons. The van der Waals surface area contributed by atoms with Crippen molar-refractivity contribution in [2.75, 3.05) is 18.1 Å². The summed E-state index contributed by atoms with van der Waals surface area (Å²) in [4.78, 5) is 39.6. The Morgan fingerprint density at radius 3 is 2.35 bits per heavy atom. The quantitative estimate of drug-likeness (QED) is 0.113. The highest BCUT2D eigenvalue weighted by Crippen LogP contribution is 2.36. The highest BCUT2D eigenvalue weighted by molar-refractivity contribution is 14.1. The normalized spacial score (nSPS) is 14.3. The molecule has 8 nitrogen and oxygen atoms in total. The number of nitrogens with one attached hydrogen (secondary N) is 1. The summed E-state index contributed by atoms with van der Waals surface area (Å²) in [7, 11) is 0. The van der Waals surface area contributed by atoms with Gasteiger partial charge in [-0.05, 0) is 102 Å². The van der Waals surface area contributed by atoms with Crippen molar-refractivity contribution < 1.29 is 33.0 Å². The molecule has 0 radical (unpaired) electrons. The molecule has 0 aliphatic carbocycles. The van der Waals surface area contributed by atoms with Gasteiger partial charge in [-0.25, -0.2) is 14.1 Å². The molecule has 0 atom stereocenters. The van der Waals surface area contributed by atoms with E-state index in [2.05, 4.69) is 34.8 Å². The van der Waals surface area contributed by atoms with Crippen LogP contribution in [-0.4, -0.2) is 31.1 Å². The number of halogens is 2. The molecule has 1 aliphatic heterocycles. The second-order valence-corrected chi connectivity index (χ2v) is 9.99. The number of imide groups is 2. The Balaban J connectivity index is 1.58. The van der Waals surface area contributed by atoms with E-state index in [9.17, 15) is 18.8 Å². The molecule has 0 saturated carbocycles. The molecule has 0 unspecified atom stereocenters. The van der Waals surface area contributed by atoms with Gasteiger partial charge in [0.05, 0.1) is 22.5 Å². The fourth-order valence-corrected chi connectivity index (χ4v) is 4.68. The van der Waals surface area contributed by atoms with E-state index in [1.165, 1.54) is 18.2 Å². The van der Waals surface area contributed by atoms with Gasteiger partial charge in [-0.1, -0.05) is 25.5 Å². The molecule has 1 heterocycles. The van der Waals surface area contributed by atoms with Gasteiger partial charge in [0.25, 0.3) is 11.8 Å². The number of anilines is 1. The Morgan fingerprint density at radius 2 is 1.68 bits per heavy atom. The zero-order chi connectivity index (χ0) is 28.6. The number of rotatable bonds is 11. The molecule has 1 N–H and O–H groups in total. The van der Waals surface area contributed by atoms with Crippen molar-refractivity contribution in [3.8, 4) is 17.2 Å². The number of hydrogen-bond acceptors (Lipinski definition) is 6. The van der Waals surface area contributed by atoms with Crippen LogP contribution in [0.4, 0.5) is 14.9 Å². The van der Waals surface area contributed by atoms with E-state index in [0.717, 1.165) is 23.3 Å². The van der Waals surface area contributed by atoms with E-state index in [1.54, 1.807) is 48.5 Å². The number of urea groups is 1. The van der Waals surface area contributed by atoms with Crippen molar-refractivity contribution in [2.45, 2.75) is 33.3 Å². The SMILES string of the molecule is CCCCOc1ccc(N2C(=O)NC(=O)/C(=C/c3cc(I)c(OCc4ccc(F)cc4)c(OCC)c3)C2=O)cc1. The number of unbranched alkanes of at least 4 members (excludes halogenated alkanes) is 1. The van der Waals surface area contributed by atoms with E-state index in [4.69, 9.17) is 14.2 Å². The second kappa shape index (κ2) is 13.4. The average Bonchev–Trinajstić information content (AvgIpc) is 2.92. The maximum absolute atomic E-state index is 13.4. The maximum atomic E-state index is 13.4. The summed E-state index contributed by atoms with van der Waals surface area (Å²) in [5.41, 5.74) is 1.38. The molecule has 1 saturated heterocycles. The largest absolute Gasteiger partial charge is 0.494 e. The summed E-state index contributed by atoms with van der Waals surface area (Å²) < 4.78 is 31.3. The first-order valence-corrected chi connectivity index (χ1v) is 13.9. The summed E-state index contributed by atoms with van der Waals surface area (Å²) in [6, 6.07) is 15.1.